The number of rotatable bonds is 1. The van der Waals surface area contributed by atoms with Crippen molar-refractivity contribution in [3.63, 3.8) is 0 Å². The predicted octanol–water partition coefficient (Wildman–Crippen LogP) is 2.96. The fraction of sp³-hybridized carbons (Fsp3) is 0.111. The van der Waals surface area contributed by atoms with E-state index in [1.807, 2.05) is 0 Å². The van der Waals surface area contributed by atoms with Crippen molar-refractivity contribution in [1.82, 2.24) is 9.66 Å². The number of aromatic nitrogens is 2. The van der Waals surface area contributed by atoms with Crippen molar-refractivity contribution < 1.29 is 17.9 Å². The molecule has 0 amide bonds. The second-order valence-electron chi connectivity index (χ2n) is 6.17. The van der Waals surface area contributed by atoms with E-state index in [4.69, 9.17) is 21.7 Å². The van der Waals surface area contributed by atoms with Crippen LogP contribution in [0.5, 0.6) is 11.6 Å². The number of nitrogen functional groups attached to an aromatic ring is 2. The van der Waals surface area contributed by atoms with Crippen LogP contribution in [0.1, 0.15) is 28.2 Å². The molecule has 1 aromatic heterocycles. The van der Waals surface area contributed by atoms with Crippen LogP contribution in [-0.4, -0.2) is 9.66 Å². The molecule has 138 valence electrons. The largest absolute Gasteiger partial charge is 0.438 e. The number of nitrogens with zero attached hydrogens (tertiary/aromatic N) is 2. The Morgan fingerprint density at radius 3 is 2.63 bits per heavy atom. The number of hydrogen-bond acceptors (Lipinski definition) is 5. The molecular formula is C18H14F3N5O. The number of ether oxygens (including phenoxy) is 1. The standard InChI is InChI=1S/C18H14F3N5O/c19-18(20,21)10-4-5-12-13(7-10)27-17-15(16(23)26(24)8-25-17)14(12)9-2-1-3-11(22)6-9/h1-8,14,23H,22,24H2. The molecule has 3 aromatic rings. The van der Waals surface area contributed by atoms with Gasteiger partial charge in [0.25, 0.3) is 0 Å². The van der Waals surface area contributed by atoms with Gasteiger partial charge in [-0.2, -0.15) is 13.2 Å². The molecule has 1 aliphatic rings. The fourth-order valence-electron chi connectivity index (χ4n) is 3.21. The van der Waals surface area contributed by atoms with Gasteiger partial charge in [0.05, 0.1) is 11.1 Å². The molecule has 4 rings (SSSR count). The molecule has 9 heteroatoms. The van der Waals surface area contributed by atoms with E-state index in [1.165, 1.54) is 12.4 Å². The Balaban J connectivity index is 2.00. The molecule has 0 spiro atoms. The number of hydrogen-bond donors (Lipinski definition) is 3. The maximum absolute atomic E-state index is 13.1. The zero-order valence-corrected chi connectivity index (χ0v) is 13.8. The number of nitrogens with two attached hydrogens (primary N) is 2. The van der Waals surface area contributed by atoms with Gasteiger partial charge < -0.3 is 16.3 Å². The summed E-state index contributed by atoms with van der Waals surface area (Å²) in [4.78, 5) is 4.05. The van der Waals surface area contributed by atoms with Gasteiger partial charge in [0, 0.05) is 17.2 Å². The summed E-state index contributed by atoms with van der Waals surface area (Å²) in [6.45, 7) is 0. The normalized spacial score (nSPS) is 15.6. The summed E-state index contributed by atoms with van der Waals surface area (Å²) in [5.41, 5.74) is 7.02. The van der Waals surface area contributed by atoms with Crippen molar-refractivity contribution >= 4 is 5.69 Å². The zero-order chi connectivity index (χ0) is 19.3. The number of fused-ring (bicyclic) bond motifs is 2. The van der Waals surface area contributed by atoms with Crippen molar-refractivity contribution in [1.29, 1.82) is 5.41 Å². The van der Waals surface area contributed by atoms with Crippen molar-refractivity contribution in [2.24, 2.45) is 0 Å². The van der Waals surface area contributed by atoms with Crippen molar-refractivity contribution in [3.05, 3.63) is 76.5 Å². The van der Waals surface area contributed by atoms with Crippen LogP contribution >= 0.6 is 0 Å². The lowest BCUT2D eigenvalue weighted by molar-refractivity contribution is -0.137. The lowest BCUT2D eigenvalue weighted by Gasteiger charge is -2.28. The molecule has 0 radical (unpaired) electrons. The van der Waals surface area contributed by atoms with Crippen molar-refractivity contribution in [3.8, 4) is 11.6 Å². The highest BCUT2D eigenvalue weighted by Crippen LogP contribution is 2.46. The Labute approximate surface area is 151 Å². The summed E-state index contributed by atoms with van der Waals surface area (Å²) in [6, 6.07) is 10.2. The molecule has 0 bridgehead atoms. The molecule has 1 atom stereocenters. The van der Waals surface area contributed by atoms with Gasteiger partial charge in [-0.3, -0.25) is 5.41 Å². The second kappa shape index (κ2) is 5.76. The molecule has 6 nitrogen and oxygen atoms in total. The molecule has 27 heavy (non-hydrogen) atoms. The topological polar surface area (TPSA) is 103 Å². The molecule has 0 fully saturated rings. The number of alkyl halides is 3. The third-order valence-corrected chi connectivity index (χ3v) is 4.43. The van der Waals surface area contributed by atoms with Gasteiger partial charge in [0.2, 0.25) is 5.88 Å². The number of halogens is 3. The Morgan fingerprint density at radius 1 is 1.15 bits per heavy atom. The van der Waals surface area contributed by atoms with E-state index >= 15 is 0 Å². The van der Waals surface area contributed by atoms with E-state index in [0.717, 1.165) is 16.8 Å². The van der Waals surface area contributed by atoms with Gasteiger partial charge in [0.15, 0.2) is 5.49 Å². The SMILES string of the molecule is N=c1c2c(ncn1N)Oc1cc(C(F)(F)F)ccc1C2c1cccc(N)c1. The van der Waals surface area contributed by atoms with Gasteiger partial charge in [-0.1, -0.05) is 18.2 Å². The van der Waals surface area contributed by atoms with Crippen LogP contribution in [0.25, 0.3) is 0 Å². The van der Waals surface area contributed by atoms with Crippen LogP contribution in [-0.2, 0) is 6.18 Å². The van der Waals surface area contributed by atoms with E-state index in [1.54, 1.807) is 24.3 Å². The van der Waals surface area contributed by atoms with Crippen LogP contribution in [0.2, 0.25) is 0 Å². The Morgan fingerprint density at radius 2 is 1.93 bits per heavy atom. The molecule has 0 saturated carbocycles. The van der Waals surface area contributed by atoms with Crippen LogP contribution in [0.3, 0.4) is 0 Å². The highest BCUT2D eigenvalue weighted by molar-refractivity contribution is 5.58. The maximum Gasteiger partial charge on any atom is 0.416 e. The summed E-state index contributed by atoms with van der Waals surface area (Å²) >= 11 is 0. The minimum Gasteiger partial charge on any atom is -0.438 e. The smallest absolute Gasteiger partial charge is 0.416 e. The average Bonchev–Trinajstić information content (AvgIpc) is 2.62. The minimum absolute atomic E-state index is 0.0337. The third-order valence-electron chi connectivity index (χ3n) is 4.43. The van der Waals surface area contributed by atoms with Crippen LogP contribution in [0, 0.1) is 5.41 Å². The molecule has 5 N–H and O–H groups in total. The van der Waals surface area contributed by atoms with E-state index in [0.29, 0.717) is 22.4 Å². The van der Waals surface area contributed by atoms with Gasteiger partial charge in [-0.05, 0) is 29.8 Å². The first-order valence-electron chi connectivity index (χ1n) is 7.91. The number of anilines is 1. The highest BCUT2D eigenvalue weighted by atomic mass is 19.4. The molecular weight excluding hydrogens is 359 g/mol. The second-order valence-corrected chi connectivity index (χ2v) is 6.17. The Bertz CT molecular complexity index is 1110. The highest BCUT2D eigenvalue weighted by Gasteiger charge is 2.36. The van der Waals surface area contributed by atoms with E-state index in [-0.39, 0.29) is 17.1 Å². The van der Waals surface area contributed by atoms with Crippen molar-refractivity contribution in [2.75, 3.05) is 11.6 Å². The van der Waals surface area contributed by atoms with Gasteiger partial charge in [-0.15, -0.1) is 0 Å². The van der Waals surface area contributed by atoms with Gasteiger partial charge >= 0.3 is 6.18 Å². The van der Waals surface area contributed by atoms with E-state index in [2.05, 4.69) is 4.98 Å². The molecule has 2 heterocycles. The van der Waals surface area contributed by atoms with Crippen molar-refractivity contribution in [2.45, 2.75) is 12.1 Å². The lowest BCUT2D eigenvalue weighted by atomic mass is 9.83. The summed E-state index contributed by atoms with van der Waals surface area (Å²) in [7, 11) is 0. The zero-order valence-electron chi connectivity index (χ0n) is 13.8. The van der Waals surface area contributed by atoms with Gasteiger partial charge in [-0.25, -0.2) is 9.66 Å². The summed E-state index contributed by atoms with van der Waals surface area (Å²) in [6.07, 6.45) is -3.33. The number of nitrogens with one attached hydrogen (secondary N) is 1. The average molecular weight is 373 g/mol. The maximum atomic E-state index is 13.1. The summed E-state index contributed by atoms with van der Waals surface area (Å²) in [5, 5.41) is 8.30. The lowest BCUT2D eigenvalue weighted by Crippen LogP contribution is -2.33. The molecule has 1 unspecified atom stereocenters. The van der Waals surface area contributed by atoms with Crippen LogP contribution < -0.4 is 21.8 Å². The minimum atomic E-state index is -4.50. The molecule has 0 saturated heterocycles. The van der Waals surface area contributed by atoms with E-state index in [9.17, 15) is 13.2 Å². The monoisotopic (exact) mass is 373 g/mol. The first kappa shape index (κ1) is 17.0. The molecule has 0 aliphatic carbocycles. The fourth-order valence-corrected chi connectivity index (χ4v) is 3.21. The summed E-state index contributed by atoms with van der Waals surface area (Å²) < 4.78 is 45.9. The Kier molecular flexibility index (Phi) is 3.62. The number of benzene rings is 2. The quantitative estimate of drug-likeness (QED) is 0.353. The first-order chi connectivity index (χ1) is 12.8. The van der Waals surface area contributed by atoms with Gasteiger partial charge in [0.1, 0.15) is 12.1 Å². The molecule has 2 aromatic carbocycles. The Hall–Kier alpha value is -3.49. The first-order valence-corrected chi connectivity index (χ1v) is 7.91. The molecule has 1 aliphatic heterocycles. The van der Waals surface area contributed by atoms with Crippen LogP contribution in [0.15, 0.2) is 48.8 Å². The van der Waals surface area contributed by atoms with E-state index < -0.39 is 17.7 Å². The third kappa shape index (κ3) is 2.77. The van der Waals surface area contributed by atoms with Crippen LogP contribution in [0.4, 0.5) is 18.9 Å². The predicted molar refractivity (Wildman–Crippen MR) is 91.5 cm³/mol. The summed E-state index contributed by atoms with van der Waals surface area (Å²) in [5.74, 6) is 5.24.